The van der Waals surface area contributed by atoms with Crippen LogP contribution < -0.4 is 21.3 Å². The highest BCUT2D eigenvalue weighted by atomic mass is 16.6. The van der Waals surface area contributed by atoms with Crippen LogP contribution in [-0.2, 0) is 0 Å². The van der Waals surface area contributed by atoms with Crippen LogP contribution in [0.4, 0.5) is 11.4 Å². The third-order valence-electron chi connectivity index (χ3n) is 6.73. The average molecular weight is 713 g/mol. The lowest BCUT2D eigenvalue weighted by molar-refractivity contribution is -0.385. The predicted molar refractivity (Wildman–Crippen MR) is 167 cm³/mol. The largest absolute Gasteiger partial charge is 0.394 e. The van der Waals surface area contributed by atoms with Gasteiger partial charge in [-0.3, -0.25) is 39.4 Å². The van der Waals surface area contributed by atoms with Gasteiger partial charge < -0.3 is 62.1 Å². The van der Waals surface area contributed by atoms with Crippen LogP contribution in [0.2, 0.25) is 0 Å². The standard InChI is InChI=1S/C28H36N6O16/c35-9-15(39)5-29-25(43)19-1-13(33(47)48)2-20(26(44)30-6-16(40)10-36)23(19)24-21(27(45)31-7-17(41)11-37)3-14(34(49)50)4-22(24)28(46)32-8-18(42)12-38/h1-4,15-18,35-42H,5-12H2,(H,29,43)(H,30,44)(H,31,45)(H,32,46). The molecule has 0 aromatic heterocycles. The van der Waals surface area contributed by atoms with Crippen LogP contribution in [-0.4, -0.2) is 151 Å². The van der Waals surface area contributed by atoms with Crippen molar-refractivity contribution < 1.29 is 69.9 Å². The fourth-order valence-electron chi connectivity index (χ4n) is 4.20. The van der Waals surface area contributed by atoms with Gasteiger partial charge in [-0.25, -0.2) is 0 Å². The second kappa shape index (κ2) is 19.1. The molecule has 4 atom stereocenters. The zero-order valence-electron chi connectivity index (χ0n) is 26.0. The van der Waals surface area contributed by atoms with E-state index in [2.05, 4.69) is 21.3 Å². The molecule has 22 heteroatoms. The number of aliphatic hydroxyl groups excluding tert-OH is 8. The second-order valence-corrected chi connectivity index (χ2v) is 10.5. The molecule has 0 radical (unpaired) electrons. The Morgan fingerprint density at radius 3 is 0.860 bits per heavy atom. The van der Waals surface area contributed by atoms with E-state index in [1.54, 1.807) is 0 Å². The van der Waals surface area contributed by atoms with Gasteiger partial charge in [-0.2, -0.15) is 0 Å². The van der Waals surface area contributed by atoms with E-state index in [1.807, 2.05) is 0 Å². The Bertz CT molecular complexity index is 1380. The Kier molecular flexibility index (Phi) is 15.7. The maximum absolute atomic E-state index is 13.6. The van der Waals surface area contributed by atoms with E-state index in [4.69, 9.17) is 0 Å². The fraction of sp³-hybridized carbons (Fsp3) is 0.429. The van der Waals surface area contributed by atoms with Crippen molar-refractivity contribution in [1.29, 1.82) is 0 Å². The van der Waals surface area contributed by atoms with Crippen molar-refractivity contribution in [3.05, 3.63) is 66.7 Å². The predicted octanol–water partition coefficient (Wildman–Crippen LogP) is -4.50. The molecule has 0 saturated carbocycles. The minimum absolute atomic E-state index is 0.616. The molecule has 0 saturated heterocycles. The summed E-state index contributed by atoms with van der Waals surface area (Å²) in [5, 5.41) is 109. The normalized spacial score (nSPS) is 13.4. The molecule has 12 N–H and O–H groups in total. The summed E-state index contributed by atoms with van der Waals surface area (Å²) in [4.78, 5) is 76.3. The number of nitro benzene ring substituents is 2. The Morgan fingerprint density at radius 1 is 0.500 bits per heavy atom. The molecule has 2 rings (SSSR count). The molecular weight excluding hydrogens is 676 g/mol. The van der Waals surface area contributed by atoms with Crippen molar-refractivity contribution >= 4 is 35.0 Å². The maximum Gasteiger partial charge on any atom is 0.271 e. The molecule has 274 valence electrons. The number of hydrogen-bond donors (Lipinski definition) is 12. The summed E-state index contributed by atoms with van der Waals surface area (Å²) < 4.78 is 0. The van der Waals surface area contributed by atoms with E-state index in [1.165, 1.54) is 0 Å². The van der Waals surface area contributed by atoms with Crippen molar-refractivity contribution in [3.63, 3.8) is 0 Å². The van der Waals surface area contributed by atoms with Crippen LogP contribution in [0, 0.1) is 20.2 Å². The summed E-state index contributed by atoms with van der Waals surface area (Å²) in [6.07, 6.45) is -6.22. The Hall–Kier alpha value is -5.20. The zero-order chi connectivity index (χ0) is 37.7. The number of aliphatic hydroxyl groups is 8. The lowest BCUT2D eigenvalue weighted by Crippen LogP contribution is -2.37. The molecule has 0 aliphatic heterocycles. The molecule has 2 aromatic rings. The number of nitro groups is 2. The molecule has 0 fully saturated rings. The minimum atomic E-state index is -1.55. The Labute approximate surface area is 281 Å². The molecule has 0 aliphatic rings. The van der Waals surface area contributed by atoms with Crippen LogP contribution in [0.5, 0.6) is 0 Å². The van der Waals surface area contributed by atoms with Gasteiger partial charge in [0, 0.05) is 61.6 Å². The van der Waals surface area contributed by atoms with Gasteiger partial charge in [0.15, 0.2) is 0 Å². The smallest absolute Gasteiger partial charge is 0.271 e. The number of nitrogens with zero attached hydrogens (tertiary/aromatic N) is 2. The molecule has 22 nitrogen and oxygen atoms in total. The summed E-state index contributed by atoms with van der Waals surface area (Å²) in [5.41, 5.74) is -6.58. The van der Waals surface area contributed by atoms with Gasteiger partial charge >= 0.3 is 0 Å². The van der Waals surface area contributed by atoms with Gasteiger partial charge in [-0.1, -0.05) is 0 Å². The zero-order valence-corrected chi connectivity index (χ0v) is 26.0. The summed E-state index contributed by atoms with van der Waals surface area (Å²) >= 11 is 0. The number of carbonyl (C=O) groups is 4. The molecule has 4 amide bonds. The van der Waals surface area contributed by atoms with Crippen LogP contribution in [0.25, 0.3) is 11.1 Å². The number of non-ortho nitro benzene ring substituents is 2. The summed E-state index contributed by atoms with van der Waals surface area (Å²) in [6, 6.07) is 2.46. The molecule has 0 aliphatic carbocycles. The van der Waals surface area contributed by atoms with Crippen molar-refractivity contribution in [2.24, 2.45) is 0 Å². The van der Waals surface area contributed by atoms with E-state index in [0.717, 1.165) is 0 Å². The Morgan fingerprint density at radius 2 is 0.700 bits per heavy atom. The van der Waals surface area contributed by atoms with Gasteiger partial charge in [0.05, 0.1) is 82.9 Å². The summed E-state index contributed by atoms with van der Waals surface area (Å²) in [5.74, 6) is -5.16. The van der Waals surface area contributed by atoms with Crippen LogP contribution >= 0.6 is 0 Å². The summed E-state index contributed by atoms with van der Waals surface area (Å²) in [6.45, 7) is -6.06. The van der Waals surface area contributed by atoms with Crippen molar-refractivity contribution in [3.8, 4) is 11.1 Å². The third-order valence-corrected chi connectivity index (χ3v) is 6.73. The van der Waals surface area contributed by atoms with Gasteiger partial charge in [0.25, 0.3) is 35.0 Å². The maximum atomic E-state index is 13.6. The van der Waals surface area contributed by atoms with Crippen molar-refractivity contribution in [2.75, 3.05) is 52.6 Å². The number of rotatable bonds is 19. The SMILES string of the molecule is O=C(NCC(O)CO)c1cc([N+](=O)[O-])cc(C(=O)NCC(O)CO)c1-c1c(C(=O)NCC(O)CO)cc([N+](=O)[O-])cc1C(=O)NCC(O)CO. The summed E-state index contributed by atoms with van der Waals surface area (Å²) in [7, 11) is 0. The van der Waals surface area contributed by atoms with Gasteiger partial charge in [-0.15, -0.1) is 0 Å². The van der Waals surface area contributed by atoms with Gasteiger partial charge in [0.1, 0.15) is 0 Å². The second-order valence-electron chi connectivity index (χ2n) is 10.5. The number of hydrogen-bond acceptors (Lipinski definition) is 16. The van der Waals surface area contributed by atoms with Crippen LogP contribution in [0.1, 0.15) is 41.4 Å². The van der Waals surface area contributed by atoms with E-state index in [-0.39, 0.29) is 0 Å². The molecule has 0 spiro atoms. The molecule has 0 heterocycles. The molecular formula is C28H36N6O16. The Balaban J connectivity index is 3.18. The molecule has 50 heavy (non-hydrogen) atoms. The molecule has 2 aromatic carbocycles. The molecule has 0 bridgehead atoms. The topological polar surface area (TPSA) is 365 Å². The van der Waals surface area contributed by atoms with Gasteiger partial charge in [0.2, 0.25) is 0 Å². The fourth-order valence-corrected chi connectivity index (χ4v) is 4.20. The van der Waals surface area contributed by atoms with E-state index < -0.39 is 155 Å². The molecule has 4 unspecified atom stereocenters. The van der Waals surface area contributed by atoms with E-state index in [0.29, 0.717) is 24.3 Å². The lowest BCUT2D eigenvalue weighted by Gasteiger charge is -2.21. The quantitative estimate of drug-likeness (QED) is 0.0482. The van der Waals surface area contributed by atoms with Crippen LogP contribution in [0.15, 0.2) is 24.3 Å². The third kappa shape index (κ3) is 10.9. The first kappa shape index (κ1) is 41.0. The number of amides is 4. The minimum Gasteiger partial charge on any atom is -0.394 e. The lowest BCUT2D eigenvalue weighted by atomic mass is 9.85. The van der Waals surface area contributed by atoms with Gasteiger partial charge in [-0.05, 0) is 0 Å². The first-order chi connectivity index (χ1) is 23.6. The number of benzene rings is 2. The number of carbonyl (C=O) groups excluding carboxylic acids is 4. The highest BCUT2D eigenvalue weighted by molar-refractivity contribution is 6.17. The highest BCUT2D eigenvalue weighted by Crippen LogP contribution is 2.39. The highest BCUT2D eigenvalue weighted by Gasteiger charge is 2.33. The average Bonchev–Trinajstić information content (AvgIpc) is 3.11. The first-order valence-electron chi connectivity index (χ1n) is 14.5. The number of nitrogens with one attached hydrogen (secondary N) is 4. The van der Waals surface area contributed by atoms with Crippen molar-refractivity contribution in [2.45, 2.75) is 24.4 Å². The van der Waals surface area contributed by atoms with E-state index in [9.17, 15) is 80.3 Å². The monoisotopic (exact) mass is 712 g/mol. The van der Waals surface area contributed by atoms with E-state index >= 15 is 0 Å². The van der Waals surface area contributed by atoms with Crippen LogP contribution in [0.3, 0.4) is 0 Å². The van der Waals surface area contributed by atoms with Crippen molar-refractivity contribution in [1.82, 2.24) is 21.3 Å². The first-order valence-corrected chi connectivity index (χ1v) is 14.5.